The highest BCUT2D eigenvalue weighted by molar-refractivity contribution is 6.23. The van der Waals surface area contributed by atoms with Gasteiger partial charge in [0.05, 0.1) is 17.5 Å². The van der Waals surface area contributed by atoms with Gasteiger partial charge < -0.3 is 0 Å². The Hall–Kier alpha value is -1.90. The van der Waals surface area contributed by atoms with Crippen LogP contribution >= 0.6 is 0 Å². The van der Waals surface area contributed by atoms with Gasteiger partial charge >= 0.3 is 0 Å². The number of carbonyl (C=O) groups is 2. The Labute approximate surface area is 123 Å². The molecule has 2 bridgehead atoms. The van der Waals surface area contributed by atoms with Crippen molar-refractivity contribution >= 4 is 17.5 Å². The van der Waals surface area contributed by atoms with E-state index in [1.54, 1.807) is 0 Å². The second-order valence-electron chi connectivity index (χ2n) is 7.07. The molecule has 5 rings (SSSR count). The van der Waals surface area contributed by atoms with E-state index in [0.29, 0.717) is 11.8 Å². The van der Waals surface area contributed by atoms with Gasteiger partial charge in [0.2, 0.25) is 11.8 Å². The minimum Gasteiger partial charge on any atom is -0.274 e. The predicted molar refractivity (Wildman–Crippen MR) is 78.4 cm³/mol. The van der Waals surface area contributed by atoms with E-state index in [0.717, 1.165) is 11.3 Å². The number of imide groups is 1. The fraction of sp³-hybridized carbons (Fsp3) is 0.444. The van der Waals surface area contributed by atoms with Crippen molar-refractivity contribution in [2.75, 3.05) is 4.90 Å². The Kier molecular flexibility index (Phi) is 1.93. The van der Waals surface area contributed by atoms with Crippen molar-refractivity contribution in [3.63, 3.8) is 0 Å². The Morgan fingerprint density at radius 3 is 2.19 bits per heavy atom. The fourth-order valence-electron chi connectivity index (χ4n) is 5.10. The fourth-order valence-corrected chi connectivity index (χ4v) is 5.10. The zero-order valence-corrected chi connectivity index (χ0v) is 12.0. The molecule has 1 spiro atoms. The molecule has 0 unspecified atom stereocenters. The first kappa shape index (κ1) is 11.7. The molecule has 3 heteroatoms. The van der Waals surface area contributed by atoms with E-state index < -0.39 is 0 Å². The first-order chi connectivity index (χ1) is 10.1. The second-order valence-corrected chi connectivity index (χ2v) is 7.07. The van der Waals surface area contributed by atoms with Gasteiger partial charge in [-0.3, -0.25) is 14.5 Å². The van der Waals surface area contributed by atoms with E-state index in [2.05, 4.69) is 12.2 Å². The highest BCUT2D eigenvalue weighted by Gasteiger charge is 2.73. The average Bonchev–Trinajstić information content (AvgIpc) is 3.05. The molecule has 3 fully saturated rings. The Morgan fingerprint density at radius 1 is 1.05 bits per heavy atom. The maximum Gasteiger partial charge on any atom is 0.238 e. The summed E-state index contributed by atoms with van der Waals surface area (Å²) in [5, 5.41) is 0. The van der Waals surface area contributed by atoms with Crippen LogP contribution in [0.2, 0.25) is 0 Å². The van der Waals surface area contributed by atoms with Gasteiger partial charge in [-0.2, -0.15) is 0 Å². The van der Waals surface area contributed by atoms with Crippen molar-refractivity contribution in [2.24, 2.45) is 29.1 Å². The predicted octanol–water partition coefficient (Wildman–Crippen LogP) is 2.70. The molecular weight excluding hydrogens is 262 g/mol. The minimum atomic E-state index is -0.101. The molecule has 2 amide bonds. The second kappa shape index (κ2) is 3.46. The topological polar surface area (TPSA) is 37.4 Å². The summed E-state index contributed by atoms with van der Waals surface area (Å²) in [4.78, 5) is 27.2. The smallest absolute Gasteiger partial charge is 0.238 e. The molecular formula is C18H17NO2. The van der Waals surface area contributed by atoms with Crippen molar-refractivity contribution in [1.29, 1.82) is 0 Å². The Balaban J connectivity index is 1.59. The van der Waals surface area contributed by atoms with Gasteiger partial charge in [-0.25, -0.2) is 0 Å². The summed E-state index contributed by atoms with van der Waals surface area (Å²) in [6.45, 7) is 1.99. The SMILES string of the molecule is Cc1cccc(N2C(=O)[C@@H]3[C@H](C2=O)[C@@H]2C=C[C@@H]3C23CC3)c1. The number of hydrogen-bond donors (Lipinski definition) is 0. The van der Waals surface area contributed by atoms with Crippen LogP contribution < -0.4 is 4.90 Å². The maximum atomic E-state index is 12.9. The van der Waals surface area contributed by atoms with Crippen LogP contribution in [0.4, 0.5) is 5.69 Å². The van der Waals surface area contributed by atoms with Crippen LogP contribution in [0.1, 0.15) is 18.4 Å². The molecule has 4 aliphatic rings. The molecule has 1 saturated heterocycles. The van der Waals surface area contributed by atoms with Gasteiger partial charge in [-0.05, 0) is 54.7 Å². The van der Waals surface area contributed by atoms with Crippen molar-refractivity contribution < 1.29 is 9.59 Å². The molecule has 2 saturated carbocycles. The number of rotatable bonds is 1. The lowest BCUT2D eigenvalue weighted by atomic mass is 9.85. The molecule has 1 heterocycles. The van der Waals surface area contributed by atoms with Crippen LogP contribution in [0.5, 0.6) is 0 Å². The summed E-state index contributed by atoms with van der Waals surface area (Å²) < 4.78 is 0. The minimum absolute atomic E-state index is 0.0266. The number of nitrogens with zero attached hydrogens (tertiary/aromatic N) is 1. The molecule has 3 nitrogen and oxygen atoms in total. The van der Waals surface area contributed by atoms with Crippen molar-refractivity contribution in [2.45, 2.75) is 19.8 Å². The van der Waals surface area contributed by atoms with E-state index in [-0.39, 0.29) is 29.1 Å². The van der Waals surface area contributed by atoms with Crippen LogP contribution in [-0.2, 0) is 9.59 Å². The lowest BCUT2D eigenvalue weighted by Gasteiger charge is -2.21. The summed E-state index contributed by atoms with van der Waals surface area (Å²) in [6, 6.07) is 7.69. The van der Waals surface area contributed by atoms with Gasteiger partial charge in [0.15, 0.2) is 0 Å². The summed E-state index contributed by atoms with van der Waals surface area (Å²) >= 11 is 0. The highest BCUT2D eigenvalue weighted by atomic mass is 16.2. The van der Waals surface area contributed by atoms with Gasteiger partial charge in [0, 0.05) is 0 Å². The van der Waals surface area contributed by atoms with E-state index in [9.17, 15) is 9.59 Å². The zero-order chi connectivity index (χ0) is 14.4. The maximum absolute atomic E-state index is 12.9. The number of amides is 2. The van der Waals surface area contributed by atoms with Gasteiger partial charge in [-0.1, -0.05) is 24.3 Å². The Morgan fingerprint density at radius 2 is 1.67 bits per heavy atom. The molecule has 21 heavy (non-hydrogen) atoms. The average molecular weight is 279 g/mol. The number of hydrogen-bond acceptors (Lipinski definition) is 2. The van der Waals surface area contributed by atoms with Crippen molar-refractivity contribution in [3.05, 3.63) is 42.0 Å². The first-order valence-corrected chi connectivity index (χ1v) is 7.76. The molecule has 0 radical (unpaired) electrons. The lowest BCUT2D eigenvalue weighted by Crippen LogP contribution is -2.34. The van der Waals surface area contributed by atoms with Gasteiger partial charge in [-0.15, -0.1) is 0 Å². The molecule has 106 valence electrons. The van der Waals surface area contributed by atoms with Crippen molar-refractivity contribution in [3.8, 4) is 0 Å². The molecule has 0 aromatic heterocycles. The van der Waals surface area contributed by atoms with Crippen LogP contribution in [-0.4, -0.2) is 11.8 Å². The molecule has 1 aromatic carbocycles. The number of fused-ring (bicyclic) bond motifs is 3. The number of aryl methyl sites for hydroxylation is 1. The van der Waals surface area contributed by atoms with Crippen molar-refractivity contribution in [1.82, 2.24) is 0 Å². The quantitative estimate of drug-likeness (QED) is 0.585. The lowest BCUT2D eigenvalue weighted by molar-refractivity contribution is -0.123. The van der Waals surface area contributed by atoms with E-state index in [1.165, 1.54) is 17.7 Å². The van der Waals surface area contributed by atoms with Crippen LogP contribution in [0.15, 0.2) is 36.4 Å². The molecule has 3 aliphatic carbocycles. The third kappa shape index (κ3) is 1.22. The third-order valence-electron chi connectivity index (χ3n) is 6.11. The third-order valence-corrected chi connectivity index (χ3v) is 6.11. The van der Waals surface area contributed by atoms with Crippen LogP contribution in [0.3, 0.4) is 0 Å². The normalized spacial score (nSPS) is 37.7. The van der Waals surface area contributed by atoms with E-state index in [4.69, 9.17) is 0 Å². The van der Waals surface area contributed by atoms with Gasteiger partial charge in [0.1, 0.15) is 0 Å². The zero-order valence-electron chi connectivity index (χ0n) is 12.0. The summed E-state index contributed by atoms with van der Waals surface area (Å²) in [6.07, 6.45) is 6.80. The molecule has 0 N–H and O–H groups in total. The molecule has 1 aromatic rings. The summed E-state index contributed by atoms with van der Waals surface area (Å²) in [7, 11) is 0. The summed E-state index contributed by atoms with van der Waals surface area (Å²) in [5.41, 5.74) is 2.09. The van der Waals surface area contributed by atoms with E-state index >= 15 is 0 Å². The number of carbonyl (C=O) groups excluding carboxylic acids is 2. The summed E-state index contributed by atoms with van der Waals surface area (Å²) in [5.74, 6) is 0.459. The molecule has 1 aliphatic heterocycles. The van der Waals surface area contributed by atoms with E-state index in [1.807, 2.05) is 31.2 Å². The standard InChI is InChI=1S/C18H17NO2/c1-10-3-2-4-11(9-10)19-16(20)14-12-5-6-13(15(14)17(19)21)18(12)7-8-18/h2-6,9,12-15H,7-8H2,1H3/t12-,13-,14-,15+/m0/s1. The largest absolute Gasteiger partial charge is 0.274 e. The number of anilines is 1. The van der Waals surface area contributed by atoms with Crippen LogP contribution in [0, 0.1) is 36.0 Å². The Bertz CT molecular complexity index is 682. The monoisotopic (exact) mass is 279 g/mol. The number of allylic oxidation sites excluding steroid dienone is 2. The number of benzene rings is 1. The molecule has 4 atom stereocenters. The first-order valence-electron chi connectivity index (χ1n) is 7.76. The highest BCUT2D eigenvalue weighted by Crippen LogP contribution is 2.73. The van der Waals surface area contributed by atoms with Crippen LogP contribution in [0.25, 0.3) is 0 Å². The van der Waals surface area contributed by atoms with Gasteiger partial charge in [0.25, 0.3) is 0 Å².